The van der Waals surface area contributed by atoms with E-state index in [-0.39, 0.29) is 11.2 Å². The number of halogens is 1. The molecule has 1 fully saturated rings. The Morgan fingerprint density at radius 1 is 1.16 bits per heavy atom. The van der Waals surface area contributed by atoms with E-state index in [2.05, 4.69) is 32.7 Å². The number of morpholine rings is 1. The number of rotatable bonds is 5. The van der Waals surface area contributed by atoms with Crippen LogP contribution in [0.25, 0.3) is 0 Å². The Labute approximate surface area is 152 Å². The van der Waals surface area contributed by atoms with Crippen molar-refractivity contribution in [2.24, 2.45) is 0 Å². The van der Waals surface area contributed by atoms with Gasteiger partial charge in [0, 0.05) is 32.4 Å². The number of carbonyl (C=O) groups excluding carboxylic acids is 1. The molecule has 1 aromatic heterocycles. The first kappa shape index (κ1) is 17.7. The molecule has 6 nitrogen and oxygen atoms in total. The molecule has 132 valence electrons. The van der Waals surface area contributed by atoms with Crippen molar-refractivity contribution in [2.45, 2.75) is 13.1 Å². The smallest absolute Gasteiger partial charge is 0.319 e. The third-order valence-corrected chi connectivity index (χ3v) is 4.29. The minimum atomic E-state index is -0.313. The van der Waals surface area contributed by atoms with Gasteiger partial charge in [-0.05, 0) is 23.3 Å². The first-order valence-electron chi connectivity index (χ1n) is 8.24. The van der Waals surface area contributed by atoms with Crippen molar-refractivity contribution in [2.75, 3.05) is 31.6 Å². The average Bonchev–Trinajstić information content (AvgIpc) is 2.64. The molecule has 0 radical (unpaired) electrons. The lowest BCUT2D eigenvalue weighted by atomic mass is 10.1. The van der Waals surface area contributed by atoms with Crippen LogP contribution in [-0.4, -0.2) is 42.2 Å². The van der Waals surface area contributed by atoms with E-state index in [0.29, 0.717) is 12.2 Å². The molecule has 1 saturated heterocycles. The largest absolute Gasteiger partial charge is 0.379 e. The Hall–Kier alpha value is -2.15. The number of aromatic nitrogens is 1. The summed E-state index contributed by atoms with van der Waals surface area (Å²) in [5.74, 6) is 0. The molecule has 25 heavy (non-hydrogen) atoms. The van der Waals surface area contributed by atoms with Crippen LogP contribution in [0.2, 0.25) is 5.15 Å². The van der Waals surface area contributed by atoms with Crippen molar-refractivity contribution >= 4 is 23.3 Å². The standard InChI is InChI=1S/C18H21ClN4O2/c19-17-16(2-1-7-20-17)22-18(24)21-12-14-3-5-15(6-4-14)13-23-8-10-25-11-9-23/h1-7H,8-13H2,(H2,21,22,24). The molecular weight excluding hydrogens is 340 g/mol. The molecule has 2 amide bonds. The fourth-order valence-electron chi connectivity index (χ4n) is 2.61. The van der Waals surface area contributed by atoms with Crippen molar-refractivity contribution in [3.63, 3.8) is 0 Å². The lowest BCUT2D eigenvalue weighted by molar-refractivity contribution is 0.0342. The minimum absolute atomic E-state index is 0.269. The van der Waals surface area contributed by atoms with Crippen LogP contribution in [0.1, 0.15) is 11.1 Å². The Bertz CT molecular complexity index is 702. The van der Waals surface area contributed by atoms with Crippen molar-refractivity contribution in [3.05, 3.63) is 58.9 Å². The van der Waals surface area contributed by atoms with E-state index in [1.165, 1.54) is 5.56 Å². The van der Waals surface area contributed by atoms with Crippen molar-refractivity contribution < 1.29 is 9.53 Å². The summed E-state index contributed by atoms with van der Waals surface area (Å²) in [7, 11) is 0. The molecule has 0 unspecified atom stereocenters. The van der Waals surface area contributed by atoms with Crippen LogP contribution >= 0.6 is 11.6 Å². The molecule has 2 heterocycles. The number of nitrogens with one attached hydrogen (secondary N) is 2. The van der Waals surface area contributed by atoms with Crippen LogP contribution in [0.15, 0.2) is 42.6 Å². The molecule has 0 bridgehead atoms. The van der Waals surface area contributed by atoms with Crippen LogP contribution in [0.4, 0.5) is 10.5 Å². The van der Waals surface area contributed by atoms with Gasteiger partial charge < -0.3 is 15.4 Å². The lowest BCUT2D eigenvalue weighted by Crippen LogP contribution is -2.35. The maximum absolute atomic E-state index is 11.9. The highest BCUT2D eigenvalue weighted by Crippen LogP contribution is 2.17. The molecule has 2 aromatic rings. The third kappa shape index (κ3) is 5.42. The number of carbonyl (C=O) groups is 1. The second-order valence-electron chi connectivity index (χ2n) is 5.85. The van der Waals surface area contributed by atoms with Crippen LogP contribution in [0, 0.1) is 0 Å². The highest BCUT2D eigenvalue weighted by atomic mass is 35.5. The number of ether oxygens (including phenoxy) is 1. The number of hydrogen-bond donors (Lipinski definition) is 2. The van der Waals surface area contributed by atoms with Crippen LogP contribution in [-0.2, 0) is 17.8 Å². The Morgan fingerprint density at radius 2 is 1.88 bits per heavy atom. The quantitative estimate of drug-likeness (QED) is 0.805. The zero-order valence-corrected chi connectivity index (χ0v) is 14.6. The highest BCUT2D eigenvalue weighted by molar-refractivity contribution is 6.32. The monoisotopic (exact) mass is 360 g/mol. The average molecular weight is 361 g/mol. The van der Waals surface area contributed by atoms with Crippen molar-refractivity contribution in [3.8, 4) is 0 Å². The predicted molar refractivity (Wildman–Crippen MR) is 97.6 cm³/mol. The molecule has 1 aliphatic heterocycles. The van der Waals surface area contributed by atoms with Gasteiger partial charge in [-0.2, -0.15) is 0 Å². The fourth-order valence-corrected chi connectivity index (χ4v) is 2.77. The molecule has 3 rings (SSSR count). The maximum atomic E-state index is 11.9. The summed E-state index contributed by atoms with van der Waals surface area (Å²) in [5.41, 5.74) is 2.79. The van der Waals surface area contributed by atoms with E-state index in [4.69, 9.17) is 16.3 Å². The number of hydrogen-bond acceptors (Lipinski definition) is 4. The van der Waals surface area contributed by atoms with E-state index in [0.717, 1.165) is 38.4 Å². The highest BCUT2D eigenvalue weighted by Gasteiger charge is 2.10. The molecule has 2 N–H and O–H groups in total. The summed E-state index contributed by atoms with van der Waals surface area (Å²) < 4.78 is 5.36. The second kappa shape index (κ2) is 8.80. The summed E-state index contributed by atoms with van der Waals surface area (Å²) >= 11 is 5.92. The molecule has 0 saturated carbocycles. The van der Waals surface area contributed by atoms with Crippen molar-refractivity contribution in [1.82, 2.24) is 15.2 Å². The molecular formula is C18H21ClN4O2. The van der Waals surface area contributed by atoms with Crippen LogP contribution in [0.3, 0.4) is 0 Å². The summed E-state index contributed by atoms with van der Waals surface area (Å²) in [6, 6.07) is 11.4. The van der Waals surface area contributed by atoms with Gasteiger partial charge in [0.05, 0.1) is 18.9 Å². The SMILES string of the molecule is O=C(NCc1ccc(CN2CCOCC2)cc1)Nc1cccnc1Cl. The van der Waals surface area contributed by atoms with Gasteiger partial charge in [-0.3, -0.25) is 4.90 Å². The molecule has 0 spiro atoms. The lowest BCUT2D eigenvalue weighted by Gasteiger charge is -2.26. The summed E-state index contributed by atoms with van der Waals surface area (Å²) in [6.45, 7) is 4.93. The summed E-state index contributed by atoms with van der Waals surface area (Å²) in [6.07, 6.45) is 1.57. The van der Waals surface area contributed by atoms with Crippen LogP contribution in [0.5, 0.6) is 0 Å². The molecule has 0 aliphatic carbocycles. The van der Waals surface area contributed by atoms with Crippen molar-refractivity contribution in [1.29, 1.82) is 0 Å². The van der Waals surface area contributed by atoms with Gasteiger partial charge in [-0.25, -0.2) is 9.78 Å². The Kier molecular flexibility index (Phi) is 6.22. The number of urea groups is 1. The Balaban J connectivity index is 1.46. The first-order valence-corrected chi connectivity index (χ1v) is 8.62. The normalized spacial score (nSPS) is 14.9. The number of anilines is 1. The maximum Gasteiger partial charge on any atom is 0.319 e. The number of amides is 2. The summed E-state index contributed by atoms with van der Waals surface area (Å²) in [5, 5.41) is 5.76. The van der Waals surface area contributed by atoms with Crippen LogP contribution < -0.4 is 10.6 Å². The molecule has 0 atom stereocenters. The predicted octanol–water partition coefficient (Wildman–Crippen LogP) is 2.89. The van der Waals surface area contributed by atoms with E-state index in [1.807, 2.05) is 12.1 Å². The van der Waals surface area contributed by atoms with E-state index in [1.54, 1.807) is 18.3 Å². The van der Waals surface area contributed by atoms with Gasteiger partial charge in [-0.1, -0.05) is 35.9 Å². The zero-order valence-electron chi connectivity index (χ0n) is 13.9. The van der Waals surface area contributed by atoms with Gasteiger partial charge in [0.15, 0.2) is 5.15 Å². The second-order valence-corrected chi connectivity index (χ2v) is 6.21. The minimum Gasteiger partial charge on any atom is -0.379 e. The topological polar surface area (TPSA) is 66.5 Å². The van der Waals surface area contributed by atoms with E-state index in [9.17, 15) is 4.79 Å². The van der Waals surface area contributed by atoms with E-state index < -0.39 is 0 Å². The van der Waals surface area contributed by atoms with Gasteiger partial charge in [0.1, 0.15) is 0 Å². The molecule has 1 aliphatic rings. The summed E-state index contributed by atoms with van der Waals surface area (Å²) in [4.78, 5) is 18.2. The first-order chi connectivity index (χ1) is 12.2. The Morgan fingerprint density at radius 3 is 2.60 bits per heavy atom. The van der Waals surface area contributed by atoms with Gasteiger partial charge in [0.25, 0.3) is 0 Å². The van der Waals surface area contributed by atoms with E-state index >= 15 is 0 Å². The third-order valence-electron chi connectivity index (χ3n) is 3.99. The number of pyridine rings is 1. The van der Waals surface area contributed by atoms with Gasteiger partial charge in [-0.15, -0.1) is 0 Å². The number of benzene rings is 1. The number of nitrogens with zero attached hydrogens (tertiary/aromatic N) is 2. The molecule has 7 heteroatoms. The van der Waals surface area contributed by atoms with Gasteiger partial charge in [0.2, 0.25) is 0 Å². The zero-order chi connectivity index (χ0) is 17.5. The fraction of sp³-hybridized carbons (Fsp3) is 0.333. The van der Waals surface area contributed by atoms with Gasteiger partial charge >= 0.3 is 6.03 Å². The molecule has 1 aromatic carbocycles.